The summed E-state index contributed by atoms with van der Waals surface area (Å²) in [5.74, 6) is 0. The Kier molecular flexibility index (Phi) is 17.5. The van der Waals surface area contributed by atoms with E-state index in [1.165, 1.54) is 70.6 Å². The molecule has 0 spiro atoms. The van der Waals surface area contributed by atoms with Crippen LogP contribution < -0.4 is 0 Å². The Morgan fingerprint density at radius 2 is 0.893 bits per heavy atom. The van der Waals surface area contributed by atoms with E-state index in [0.29, 0.717) is 0 Å². The fraction of sp³-hybridized carbons (Fsp3) is 0.826. The van der Waals surface area contributed by atoms with Crippen LogP contribution in [0.1, 0.15) is 97.3 Å². The highest BCUT2D eigenvalue weighted by Gasteiger charge is 2.39. The predicted molar refractivity (Wildman–Crippen MR) is 128 cm³/mol. The van der Waals surface area contributed by atoms with E-state index in [4.69, 9.17) is 13.0 Å². The molecule has 0 aliphatic rings. The summed E-state index contributed by atoms with van der Waals surface area (Å²) in [6.07, 6.45) is 16.6. The topological polar surface area (TPSA) is 27.7 Å². The molecule has 0 aliphatic heterocycles. The van der Waals surface area contributed by atoms with Gasteiger partial charge >= 0.3 is 17.1 Å². The minimum atomic E-state index is -2.42. The first-order valence-electron chi connectivity index (χ1n) is 11.7. The molecule has 0 aromatic rings. The first-order valence-corrected chi connectivity index (χ1v) is 16.5. The molecule has 0 bridgehead atoms. The van der Waals surface area contributed by atoms with Gasteiger partial charge in [0, 0.05) is 13.2 Å². The van der Waals surface area contributed by atoms with Crippen molar-refractivity contribution in [2.24, 2.45) is 0 Å². The SMILES string of the molecule is C=C[Si](C)(OCCCCCCCC)O[Si](C)(C=C)OCCCCCCCCC. The second kappa shape index (κ2) is 17.6. The van der Waals surface area contributed by atoms with Crippen LogP contribution in [0.15, 0.2) is 24.6 Å². The Bertz CT molecular complexity index is 392. The van der Waals surface area contributed by atoms with Gasteiger partial charge in [-0.2, -0.15) is 0 Å². The van der Waals surface area contributed by atoms with Gasteiger partial charge in [0.1, 0.15) is 0 Å². The Morgan fingerprint density at radius 1 is 0.571 bits per heavy atom. The maximum absolute atomic E-state index is 6.43. The molecule has 0 heterocycles. The minimum Gasteiger partial charge on any atom is -0.409 e. The zero-order valence-electron chi connectivity index (χ0n) is 19.4. The summed E-state index contributed by atoms with van der Waals surface area (Å²) in [4.78, 5) is 0. The molecule has 3 nitrogen and oxygen atoms in total. The highest BCUT2D eigenvalue weighted by Crippen LogP contribution is 2.20. The van der Waals surface area contributed by atoms with Crippen molar-refractivity contribution in [1.29, 1.82) is 0 Å². The monoisotopic (exact) mass is 428 g/mol. The Labute approximate surface area is 178 Å². The average Bonchev–Trinajstić information content (AvgIpc) is 2.69. The first kappa shape index (κ1) is 27.8. The van der Waals surface area contributed by atoms with E-state index in [1.54, 1.807) is 0 Å². The van der Waals surface area contributed by atoms with Gasteiger partial charge in [-0.3, -0.25) is 0 Å². The summed E-state index contributed by atoms with van der Waals surface area (Å²) in [6.45, 7) is 18.1. The van der Waals surface area contributed by atoms with Crippen LogP contribution in [-0.2, 0) is 13.0 Å². The van der Waals surface area contributed by atoms with Crippen molar-refractivity contribution in [3.63, 3.8) is 0 Å². The third-order valence-corrected chi connectivity index (χ3v) is 11.5. The van der Waals surface area contributed by atoms with Crippen molar-refractivity contribution >= 4 is 17.1 Å². The van der Waals surface area contributed by atoms with E-state index >= 15 is 0 Å². The summed E-state index contributed by atoms with van der Waals surface area (Å²) in [7, 11) is -4.83. The minimum absolute atomic E-state index is 0.750. The van der Waals surface area contributed by atoms with Crippen LogP contribution in [0.3, 0.4) is 0 Å². The molecule has 0 aromatic carbocycles. The maximum atomic E-state index is 6.43. The third-order valence-electron chi connectivity index (χ3n) is 5.17. The molecule has 0 amide bonds. The zero-order valence-corrected chi connectivity index (χ0v) is 21.4. The van der Waals surface area contributed by atoms with Crippen LogP contribution in [0.5, 0.6) is 0 Å². The Morgan fingerprint density at radius 3 is 1.21 bits per heavy atom. The molecule has 0 radical (unpaired) electrons. The van der Waals surface area contributed by atoms with Crippen LogP contribution in [0.4, 0.5) is 0 Å². The van der Waals surface area contributed by atoms with Gasteiger partial charge in [0.2, 0.25) is 0 Å². The second-order valence-electron chi connectivity index (χ2n) is 8.13. The van der Waals surface area contributed by atoms with Crippen molar-refractivity contribution < 1.29 is 13.0 Å². The molecule has 0 rings (SSSR count). The molecule has 2 atom stereocenters. The number of rotatable bonds is 21. The van der Waals surface area contributed by atoms with Crippen LogP contribution in [0, 0.1) is 0 Å². The molecule has 0 saturated heterocycles. The van der Waals surface area contributed by atoms with Crippen molar-refractivity contribution in [3.8, 4) is 0 Å². The lowest BCUT2D eigenvalue weighted by Crippen LogP contribution is -2.50. The molecule has 166 valence electrons. The molecule has 28 heavy (non-hydrogen) atoms. The highest BCUT2D eigenvalue weighted by atomic mass is 28.5. The molecule has 0 aromatic heterocycles. The van der Waals surface area contributed by atoms with E-state index in [0.717, 1.165) is 26.1 Å². The highest BCUT2D eigenvalue weighted by molar-refractivity contribution is 6.84. The summed E-state index contributed by atoms with van der Waals surface area (Å²) in [5.41, 5.74) is 3.77. The predicted octanol–water partition coefficient (Wildman–Crippen LogP) is 7.74. The largest absolute Gasteiger partial charge is 0.409 e. The van der Waals surface area contributed by atoms with E-state index in [1.807, 2.05) is 11.4 Å². The molecule has 5 heteroatoms. The quantitative estimate of drug-likeness (QED) is 0.138. The van der Waals surface area contributed by atoms with Gasteiger partial charge in [-0.1, -0.05) is 95.9 Å². The molecule has 2 unspecified atom stereocenters. The van der Waals surface area contributed by atoms with Crippen molar-refractivity contribution in [3.05, 3.63) is 24.6 Å². The van der Waals surface area contributed by atoms with Crippen LogP contribution in [0.25, 0.3) is 0 Å². The van der Waals surface area contributed by atoms with E-state index in [2.05, 4.69) is 40.1 Å². The lowest BCUT2D eigenvalue weighted by Gasteiger charge is -2.33. The molecule has 0 fully saturated rings. The fourth-order valence-corrected chi connectivity index (χ4v) is 8.85. The Balaban J connectivity index is 4.14. The molecule has 0 N–H and O–H groups in total. The zero-order chi connectivity index (χ0) is 21.1. The number of hydrogen-bond donors (Lipinski definition) is 0. The second-order valence-corrected chi connectivity index (χ2v) is 14.4. The third kappa shape index (κ3) is 14.7. The average molecular weight is 429 g/mol. The maximum Gasteiger partial charge on any atom is 0.352 e. The summed E-state index contributed by atoms with van der Waals surface area (Å²) in [6, 6.07) is 0. The van der Waals surface area contributed by atoms with E-state index < -0.39 is 17.1 Å². The van der Waals surface area contributed by atoms with Crippen LogP contribution in [-0.4, -0.2) is 30.3 Å². The van der Waals surface area contributed by atoms with Gasteiger partial charge in [-0.25, -0.2) is 0 Å². The van der Waals surface area contributed by atoms with Crippen LogP contribution in [0.2, 0.25) is 13.1 Å². The smallest absolute Gasteiger partial charge is 0.352 e. The van der Waals surface area contributed by atoms with Gasteiger partial charge in [-0.05, 0) is 25.9 Å². The molecule has 0 saturated carbocycles. The summed E-state index contributed by atoms with van der Waals surface area (Å²) >= 11 is 0. The van der Waals surface area contributed by atoms with E-state index in [-0.39, 0.29) is 0 Å². The van der Waals surface area contributed by atoms with Gasteiger partial charge in [0.25, 0.3) is 0 Å². The van der Waals surface area contributed by atoms with Gasteiger partial charge in [-0.15, -0.1) is 13.2 Å². The summed E-state index contributed by atoms with van der Waals surface area (Å²) < 4.78 is 18.8. The van der Waals surface area contributed by atoms with Gasteiger partial charge in [0.15, 0.2) is 0 Å². The van der Waals surface area contributed by atoms with Gasteiger partial charge < -0.3 is 13.0 Å². The lowest BCUT2D eigenvalue weighted by atomic mass is 10.1. The fourth-order valence-electron chi connectivity index (χ4n) is 3.15. The van der Waals surface area contributed by atoms with Gasteiger partial charge in [0.05, 0.1) is 0 Å². The first-order chi connectivity index (χ1) is 13.4. The van der Waals surface area contributed by atoms with E-state index in [9.17, 15) is 0 Å². The standard InChI is InChI=1S/C23H48O3Si2/c1-7-11-13-15-17-19-21-23-25-28(6,10-4)26-27(5,9-3)24-22-20-18-16-14-12-8-2/h9-10H,3-4,7-8,11-23H2,1-2,5-6H3. The van der Waals surface area contributed by atoms with Crippen molar-refractivity contribution in [1.82, 2.24) is 0 Å². The Hall–Kier alpha value is -0.206. The van der Waals surface area contributed by atoms with Crippen LogP contribution >= 0.6 is 0 Å². The number of unbranched alkanes of at least 4 members (excludes halogenated alkanes) is 11. The van der Waals surface area contributed by atoms with Crippen molar-refractivity contribution in [2.75, 3.05) is 13.2 Å². The summed E-state index contributed by atoms with van der Waals surface area (Å²) in [5, 5.41) is 0. The lowest BCUT2D eigenvalue weighted by molar-refractivity contribution is 0.196. The van der Waals surface area contributed by atoms with Crippen molar-refractivity contribution in [2.45, 2.75) is 110 Å². The number of hydrogen-bond acceptors (Lipinski definition) is 3. The molecular weight excluding hydrogens is 380 g/mol. The molecular formula is C23H48O3Si2. The normalized spacial score (nSPS) is 15.7. The molecule has 0 aliphatic carbocycles.